The molecule has 2 aromatic rings. The SMILES string of the molecule is O=C(CCc1nccs1)N1CCCC1c1ccn[nH]1. The van der Waals surface area contributed by atoms with Crippen LogP contribution in [0.4, 0.5) is 0 Å². The van der Waals surface area contributed by atoms with Gasteiger partial charge in [0.15, 0.2) is 0 Å². The number of aromatic nitrogens is 3. The smallest absolute Gasteiger partial charge is 0.223 e. The molecule has 3 heterocycles. The topological polar surface area (TPSA) is 61.9 Å². The van der Waals surface area contributed by atoms with E-state index in [4.69, 9.17) is 0 Å². The Morgan fingerprint density at radius 1 is 1.53 bits per heavy atom. The van der Waals surface area contributed by atoms with E-state index in [2.05, 4.69) is 15.2 Å². The number of hydrogen-bond donors (Lipinski definition) is 1. The summed E-state index contributed by atoms with van der Waals surface area (Å²) in [6, 6.07) is 2.13. The number of hydrogen-bond acceptors (Lipinski definition) is 4. The molecule has 0 bridgehead atoms. The number of carbonyl (C=O) groups is 1. The van der Waals surface area contributed by atoms with Gasteiger partial charge < -0.3 is 4.90 Å². The van der Waals surface area contributed by atoms with E-state index in [1.54, 1.807) is 23.7 Å². The zero-order valence-electron chi connectivity index (χ0n) is 10.6. The Balaban J connectivity index is 1.62. The molecule has 1 amide bonds. The monoisotopic (exact) mass is 276 g/mol. The summed E-state index contributed by atoms with van der Waals surface area (Å²) in [5.41, 5.74) is 1.04. The van der Waals surface area contributed by atoms with Crippen LogP contribution in [-0.2, 0) is 11.2 Å². The minimum absolute atomic E-state index is 0.172. The first-order chi connectivity index (χ1) is 9.34. The van der Waals surface area contributed by atoms with E-state index in [1.165, 1.54) is 0 Å². The number of carbonyl (C=O) groups excluding carboxylic acids is 1. The van der Waals surface area contributed by atoms with E-state index < -0.39 is 0 Å². The van der Waals surface area contributed by atoms with Crippen molar-refractivity contribution in [3.8, 4) is 0 Å². The van der Waals surface area contributed by atoms with Gasteiger partial charge in [0.25, 0.3) is 0 Å². The predicted octanol–water partition coefficient (Wildman–Crippen LogP) is 2.16. The highest BCUT2D eigenvalue weighted by molar-refractivity contribution is 7.09. The fraction of sp³-hybridized carbons (Fsp3) is 0.462. The fourth-order valence-corrected chi connectivity index (χ4v) is 3.20. The van der Waals surface area contributed by atoms with Crippen molar-refractivity contribution < 1.29 is 4.79 Å². The molecule has 1 saturated heterocycles. The summed E-state index contributed by atoms with van der Waals surface area (Å²) in [6.45, 7) is 0.848. The molecule has 100 valence electrons. The number of likely N-dealkylation sites (tertiary alicyclic amines) is 1. The molecule has 5 nitrogen and oxygen atoms in total. The number of H-pyrrole nitrogens is 1. The number of amides is 1. The number of thiazole rings is 1. The Hall–Kier alpha value is -1.69. The maximum Gasteiger partial charge on any atom is 0.223 e. The Bertz CT molecular complexity index is 523. The lowest BCUT2D eigenvalue weighted by Gasteiger charge is -2.23. The van der Waals surface area contributed by atoms with E-state index in [0.717, 1.165) is 36.5 Å². The fourth-order valence-electron chi connectivity index (χ4n) is 2.57. The van der Waals surface area contributed by atoms with Gasteiger partial charge in [0.2, 0.25) is 5.91 Å². The first-order valence-electron chi connectivity index (χ1n) is 6.51. The molecule has 1 fully saturated rings. The summed E-state index contributed by atoms with van der Waals surface area (Å²) in [6.07, 6.45) is 6.89. The number of aromatic amines is 1. The first kappa shape index (κ1) is 12.3. The van der Waals surface area contributed by atoms with E-state index in [1.807, 2.05) is 16.3 Å². The van der Waals surface area contributed by atoms with Crippen molar-refractivity contribution in [1.29, 1.82) is 0 Å². The average Bonchev–Trinajstić information content (AvgIpc) is 3.14. The number of nitrogens with one attached hydrogen (secondary N) is 1. The van der Waals surface area contributed by atoms with E-state index in [0.29, 0.717) is 6.42 Å². The molecule has 1 atom stereocenters. The van der Waals surface area contributed by atoms with Gasteiger partial charge in [0, 0.05) is 37.2 Å². The largest absolute Gasteiger partial charge is 0.334 e. The van der Waals surface area contributed by atoms with Gasteiger partial charge in [-0.1, -0.05) is 0 Å². The Morgan fingerprint density at radius 3 is 3.21 bits per heavy atom. The second kappa shape index (κ2) is 5.52. The lowest BCUT2D eigenvalue weighted by molar-refractivity contribution is -0.132. The molecule has 1 aliphatic heterocycles. The average molecular weight is 276 g/mol. The molecule has 0 saturated carbocycles. The van der Waals surface area contributed by atoms with Crippen LogP contribution in [0.25, 0.3) is 0 Å². The molecule has 6 heteroatoms. The Kier molecular flexibility index (Phi) is 3.59. The zero-order chi connectivity index (χ0) is 13.1. The first-order valence-corrected chi connectivity index (χ1v) is 7.39. The van der Waals surface area contributed by atoms with Gasteiger partial charge in [-0.05, 0) is 18.9 Å². The van der Waals surface area contributed by atoms with Gasteiger partial charge in [-0.2, -0.15) is 5.10 Å². The van der Waals surface area contributed by atoms with E-state index in [-0.39, 0.29) is 11.9 Å². The van der Waals surface area contributed by atoms with Crippen molar-refractivity contribution in [2.24, 2.45) is 0 Å². The summed E-state index contributed by atoms with van der Waals surface area (Å²) in [7, 11) is 0. The summed E-state index contributed by atoms with van der Waals surface area (Å²) < 4.78 is 0. The maximum atomic E-state index is 12.3. The van der Waals surface area contributed by atoms with Crippen molar-refractivity contribution >= 4 is 17.2 Å². The number of aryl methyl sites for hydroxylation is 1. The standard InChI is InChI=1S/C13H16N4OS/c18-13(4-3-12-14-7-9-19-12)17-8-1-2-11(17)10-5-6-15-16-10/h5-7,9,11H,1-4,8H2,(H,15,16). The molecular weight excluding hydrogens is 260 g/mol. The van der Waals surface area contributed by atoms with Gasteiger partial charge in [-0.15, -0.1) is 11.3 Å². The second-order valence-electron chi connectivity index (χ2n) is 4.68. The molecule has 0 aromatic carbocycles. The Labute approximate surface area is 115 Å². The lowest BCUT2D eigenvalue weighted by Crippen LogP contribution is -2.30. The molecule has 2 aromatic heterocycles. The van der Waals surface area contributed by atoms with Crippen LogP contribution < -0.4 is 0 Å². The molecule has 1 aliphatic rings. The van der Waals surface area contributed by atoms with E-state index >= 15 is 0 Å². The van der Waals surface area contributed by atoms with Crippen LogP contribution in [0.3, 0.4) is 0 Å². The molecule has 1 unspecified atom stereocenters. The van der Waals surface area contributed by atoms with Crippen molar-refractivity contribution in [2.45, 2.75) is 31.7 Å². The van der Waals surface area contributed by atoms with Crippen LogP contribution in [0.1, 0.15) is 36.0 Å². The van der Waals surface area contributed by atoms with Crippen LogP contribution in [0, 0.1) is 0 Å². The predicted molar refractivity (Wildman–Crippen MR) is 72.7 cm³/mol. The molecule has 19 heavy (non-hydrogen) atoms. The zero-order valence-corrected chi connectivity index (χ0v) is 11.4. The quantitative estimate of drug-likeness (QED) is 0.931. The third kappa shape index (κ3) is 2.68. The highest BCUT2D eigenvalue weighted by Gasteiger charge is 2.30. The van der Waals surface area contributed by atoms with Crippen molar-refractivity contribution in [3.63, 3.8) is 0 Å². The number of nitrogens with zero attached hydrogens (tertiary/aromatic N) is 3. The van der Waals surface area contributed by atoms with Gasteiger partial charge in [0.05, 0.1) is 16.7 Å². The van der Waals surface area contributed by atoms with Crippen LogP contribution in [0.2, 0.25) is 0 Å². The van der Waals surface area contributed by atoms with Crippen LogP contribution in [-0.4, -0.2) is 32.5 Å². The summed E-state index contributed by atoms with van der Waals surface area (Å²) >= 11 is 1.61. The second-order valence-corrected chi connectivity index (χ2v) is 5.66. The molecule has 0 aliphatic carbocycles. The van der Waals surface area contributed by atoms with Crippen molar-refractivity contribution in [3.05, 3.63) is 34.5 Å². The van der Waals surface area contributed by atoms with Gasteiger partial charge in [0.1, 0.15) is 0 Å². The summed E-state index contributed by atoms with van der Waals surface area (Å²) in [4.78, 5) is 18.5. The summed E-state index contributed by atoms with van der Waals surface area (Å²) in [5.74, 6) is 0.215. The Morgan fingerprint density at radius 2 is 2.47 bits per heavy atom. The van der Waals surface area contributed by atoms with Crippen molar-refractivity contribution in [2.75, 3.05) is 6.54 Å². The maximum absolute atomic E-state index is 12.3. The van der Waals surface area contributed by atoms with Crippen molar-refractivity contribution in [1.82, 2.24) is 20.1 Å². The third-order valence-electron chi connectivity index (χ3n) is 3.49. The minimum Gasteiger partial charge on any atom is -0.334 e. The van der Waals surface area contributed by atoms with Crippen LogP contribution in [0.15, 0.2) is 23.8 Å². The molecule has 0 radical (unpaired) electrons. The highest BCUT2D eigenvalue weighted by Crippen LogP contribution is 2.31. The molecular formula is C13H16N4OS. The van der Waals surface area contributed by atoms with Gasteiger partial charge in [-0.25, -0.2) is 4.98 Å². The minimum atomic E-state index is 0.172. The van der Waals surface area contributed by atoms with E-state index in [9.17, 15) is 4.79 Å². The highest BCUT2D eigenvalue weighted by atomic mass is 32.1. The lowest BCUT2D eigenvalue weighted by atomic mass is 10.1. The van der Waals surface area contributed by atoms with Gasteiger partial charge in [-0.3, -0.25) is 9.89 Å². The normalized spacial score (nSPS) is 18.9. The number of rotatable bonds is 4. The van der Waals surface area contributed by atoms with Crippen LogP contribution in [0.5, 0.6) is 0 Å². The molecule has 3 rings (SSSR count). The molecule has 0 spiro atoms. The summed E-state index contributed by atoms with van der Waals surface area (Å²) in [5, 5.41) is 9.94. The third-order valence-corrected chi connectivity index (χ3v) is 4.33. The van der Waals surface area contributed by atoms with Crippen LogP contribution >= 0.6 is 11.3 Å². The molecule has 1 N–H and O–H groups in total. The van der Waals surface area contributed by atoms with Gasteiger partial charge >= 0.3 is 0 Å².